The molecule has 3 aromatic heterocycles. The highest BCUT2D eigenvalue weighted by molar-refractivity contribution is 5.91. The molecule has 7 nitrogen and oxygen atoms in total. The molecule has 0 saturated heterocycles. The maximum Gasteiger partial charge on any atom is 0.439 e. The fourth-order valence-corrected chi connectivity index (χ4v) is 1.56. The zero-order valence-corrected chi connectivity index (χ0v) is 8.32. The zero-order valence-electron chi connectivity index (χ0n) is 8.32. The number of hydrogen-bond donors (Lipinski definition) is 3. The lowest BCUT2D eigenvalue weighted by molar-refractivity contribution is 0.388. The van der Waals surface area contributed by atoms with Gasteiger partial charge >= 0.3 is 5.76 Å². The summed E-state index contributed by atoms with van der Waals surface area (Å²) < 4.78 is 17.5. The average molecular weight is 235 g/mol. The highest BCUT2D eigenvalue weighted by Crippen LogP contribution is 2.25. The lowest BCUT2D eigenvalue weighted by atomic mass is 10.2. The van der Waals surface area contributed by atoms with Gasteiger partial charge in [-0.15, -0.1) is 0 Å². The number of anilines is 1. The van der Waals surface area contributed by atoms with Gasteiger partial charge < -0.3 is 10.7 Å². The van der Waals surface area contributed by atoms with Crippen molar-refractivity contribution in [3.8, 4) is 11.4 Å². The van der Waals surface area contributed by atoms with Crippen LogP contribution < -0.4 is 11.5 Å². The molecule has 3 heterocycles. The third-order valence-corrected chi connectivity index (χ3v) is 2.33. The Kier molecular flexibility index (Phi) is 1.79. The van der Waals surface area contributed by atoms with E-state index in [-0.39, 0.29) is 11.6 Å². The summed E-state index contributed by atoms with van der Waals surface area (Å²) in [6, 6.07) is 1.22. The lowest BCUT2D eigenvalue weighted by Crippen LogP contribution is -1.96. The first-order chi connectivity index (χ1) is 8.15. The van der Waals surface area contributed by atoms with Gasteiger partial charge in [-0.3, -0.25) is 9.51 Å². The maximum absolute atomic E-state index is 13.2. The number of nitrogen functional groups attached to an aromatic ring is 1. The molecule has 0 atom stereocenters. The number of hydrogen-bond acceptors (Lipinski definition) is 5. The van der Waals surface area contributed by atoms with Crippen LogP contribution in [0.1, 0.15) is 0 Å². The molecule has 0 aliphatic rings. The summed E-state index contributed by atoms with van der Waals surface area (Å²) in [5.41, 5.74) is 6.73. The monoisotopic (exact) mass is 235 g/mol. The molecule has 86 valence electrons. The Morgan fingerprint density at radius 1 is 1.47 bits per heavy atom. The van der Waals surface area contributed by atoms with E-state index in [0.29, 0.717) is 16.6 Å². The molecule has 0 spiro atoms. The van der Waals surface area contributed by atoms with E-state index >= 15 is 0 Å². The Morgan fingerprint density at radius 2 is 2.29 bits per heavy atom. The number of halogens is 1. The van der Waals surface area contributed by atoms with E-state index in [2.05, 4.69) is 24.6 Å². The number of nitrogens with one attached hydrogen (secondary N) is 2. The van der Waals surface area contributed by atoms with E-state index in [0.717, 1.165) is 0 Å². The first-order valence-electron chi connectivity index (χ1n) is 4.64. The van der Waals surface area contributed by atoms with Crippen molar-refractivity contribution in [2.24, 2.45) is 0 Å². The van der Waals surface area contributed by atoms with Gasteiger partial charge in [-0.05, 0) is 0 Å². The van der Waals surface area contributed by atoms with Gasteiger partial charge in [-0.1, -0.05) is 5.16 Å². The molecule has 0 saturated carbocycles. The lowest BCUT2D eigenvalue weighted by Gasteiger charge is -1.96. The van der Waals surface area contributed by atoms with Crippen molar-refractivity contribution in [2.45, 2.75) is 0 Å². The summed E-state index contributed by atoms with van der Waals surface area (Å²) >= 11 is 0. The fraction of sp³-hybridized carbons (Fsp3) is 0. The van der Waals surface area contributed by atoms with Crippen molar-refractivity contribution < 1.29 is 8.91 Å². The van der Waals surface area contributed by atoms with Crippen molar-refractivity contribution in [3.63, 3.8) is 0 Å². The minimum absolute atomic E-state index is 0.208. The minimum Gasteiger partial charge on any atom is -0.381 e. The van der Waals surface area contributed by atoms with E-state index in [1.54, 1.807) is 0 Å². The van der Waals surface area contributed by atoms with E-state index in [1.807, 2.05) is 0 Å². The molecule has 3 aromatic rings. The van der Waals surface area contributed by atoms with Crippen LogP contribution in [-0.4, -0.2) is 20.1 Å². The summed E-state index contributed by atoms with van der Waals surface area (Å²) in [5.74, 6) is -1.30. The van der Waals surface area contributed by atoms with Crippen molar-refractivity contribution in [3.05, 3.63) is 28.6 Å². The van der Waals surface area contributed by atoms with Crippen LogP contribution in [0.4, 0.5) is 10.2 Å². The van der Waals surface area contributed by atoms with Gasteiger partial charge in [-0.25, -0.2) is 14.2 Å². The van der Waals surface area contributed by atoms with E-state index in [1.165, 1.54) is 12.3 Å². The topological polar surface area (TPSA) is 114 Å². The van der Waals surface area contributed by atoms with Crippen LogP contribution in [0.2, 0.25) is 0 Å². The first kappa shape index (κ1) is 9.58. The zero-order chi connectivity index (χ0) is 12.0. The Balaban J connectivity index is 2.31. The third kappa shape index (κ3) is 1.38. The van der Waals surface area contributed by atoms with Crippen LogP contribution in [0.15, 0.2) is 21.6 Å². The summed E-state index contributed by atoms with van der Waals surface area (Å²) in [5, 5.41) is 3.52. The highest BCUT2D eigenvalue weighted by atomic mass is 19.1. The van der Waals surface area contributed by atoms with Crippen LogP contribution in [0.3, 0.4) is 0 Å². The maximum atomic E-state index is 13.2. The van der Waals surface area contributed by atoms with Gasteiger partial charge in [0.2, 0.25) is 0 Å². The van der Waals surface area contributed by atoms with Crippen molar-refractivity contribution >= 4 is 16.9 Å². The summed E-state index contributed by atoms with van der Waals surface area (Å²) in [6.45, 7) is 0. The largest absolute Gasteiger partial charge is 0.439 e. The van der Waals surface area contributed by atoms with Crippen molar-refractivity contribution in [1.82, 2.24) is 20.1 Å². The first-order valence-corrected chi connectivity index (χ1v) is 4.64. The molecule has 0 radical (unpaired) electrons. The van der Waals surface area contributed by atoms with Crippen LogP contribution >= 0.6 is 0 Å². The SMILES string of the molecule is Nc1nc2c(-c3noc(=O)[nH]3)c[nH]c2cc1F. The molecule has 17 heavy (non-hydrogen) atoms. The smallest absolute Gasteiger partial charge is 0.381 e. The van der Waals surface area contributed by atoms with E-state index < -0.39 is 11.6 Å². The van der Waals surface area contributed by atoms with Gasteiger partial charge in [0.1, 0.15) is 5.52 Å². The van der Waals surface area contributed by atoms with Gasteiger partial charge in [0.25, 0.3) is 0 Å². The highest BCUT2D eigenvalue weighted by Gasteiger charge is 2.14. The molecule has 0 amide bonds. The summed E-state index contributed by atoms with van der Waals surface area (Å²) in [7, 11) is 0. The summed E-state index contributed by atoms with van der Waals surface area (Å²) in [4.78, 5) is 19.9. The molecule has 0 aliphatic carbocycles. The Hall–Kier alpha value is -2.64. The third-order valence-electron chi connectivity index (χ3n) is 2.33. The predicted molar refractivity (Wildman–Crippen MR) is 56.6 cm³/mol. The van der Waals surface area contributed by atoms with Crippen LogP contribution in [0.5, 0.6) is 0 Å². The second-order valence-electron chi connectivity index (χ2n) is 3.40. The standard InChI is InChI=1S/C9H6FN5O2/c10-4-1-5-6(13-7(4)11)3(2-12-5)8-14-9(16)17-15-8/h1-2,12H,(H2,11,13)(H,14,15,16). The number of H-pyrrole nitrogens is 2. The Morgan fingerprint density at radius 3 is 3.00 bits per heavy atom. The number of rotatable bonds is 1. The molecular weight excluding hydrogens is 229 g/mol. The molecule has 0 fully saturated rings. The Labute approximate surface area is 92.5 Å². The minimum atomic E-state index is -0.676. The number of pyridine rings is 1. The molecular formula is C9H6FN5O2. The molecule has 4 N–H and O–H groups in total. The second kappa shape index (κ2) is 3.17. The number of fused-ring (bicyclic) bond motifs is 1. The Bertz CT molecular complexity index is 756. The molecule has 0 unspecified atom stereocenters. The van der Waals surface area contributed by atoms with Gasteiger partial charge in [-0.2, -0.15) is 0 Å². The van der Waals surface area contributed by atoms with Crippen LogP contribution in [0, 0.1) is 5.82 Å². The van der Waals surface area contributed by atoms with Crippen molar-refractivity contribution in [1.29, 1.82) is 0 Å². The molecule has 8 heteroatoms. The number of nitrogens with zero attached hydrogens (tertiary/aromatic N) is 2. The van der Waals surface area contributed by atoms with Gasteiger partial charge in [0.05, 0.1) is 11.1 Å². The van der Waals surface area contributed by atoms with Gasteiger partial charge in [0.15, 0.2) is 17.5 Å². The quantitative estimate of drug-likeness (QED) is 0.572. The number of nitrogens with two attached hydrogens (primary N) is 1. The number of aromatic amines is 2. The van der Waals surface area contributed by atoms with Crippen LogP contribution in [0.25, 0.3) is 22.4 Å². The predicted octanol–water partition coefficient (Wildman–Crippen LogP) is 0.627. The second-order valence-corrected chi connectivity index (χ2v) is 3.40. The molecule has 0 bridgehead atoms. The number of aromatic nitrogens is 4. The van der Waals surface area contributed by atoms with E-state index in [9.17, 15) is 9.18 Å². The average Bonchev–Trinajstić information content (AvgIpc) is 2.86. The van der Waals surface area contributed by atoms with Crippen molar-refractivity contribution in [2.75, 3.05) is 5.73 Å². The summed E-state index contributed by atoms with van der Waals surface area (Å²) in [6.07, 6.45) is 1.53. The normalized spacial score (nSPS) is 11.1. The molecule has 3 rings (SSSR count). The fourth-order valence-electron chi connectivity index (χ4n) is 1.56. The van der Waals surface area contributed by atoms with Crippen LogP contribution in [-0.2, 0) is 0 Å². The molecule has 0 aliphatic heterocycles. The van der Waals surface area contributed by atoms with E-state index in [4.69, 9.17) is 5.73 Å². The molecule has 0 aromatic carbocycles. The van der Waals surface area contributed by atoms with Gasteiger partial charge in [0, 0.05) is 12.3 Å².